The maximum absolute atomic E-state index is 12.6. The first-order valence-electron chi connectivity index (χ1n) is 5.60. The molecule has 0 spiro atoms. The molecule has 0 amide bonds. The van der Waals surface area contributed by atoms with Crippen LogP contribution in [0.3, 0.4) is 0 Å². The van der Waals surface area contributed by atoms with Gasteiger partial charge in [-0.3, -0.25) is 10.1 Å². The van der Waals surface area contributed by atoms with Gasteiger partial charge in [-0.2, -0.15) is 13.2 Å². The van der Waals surface area contributed by atoms with Gasteiger partial charge in [0, 0.05) is 22.9 Å². The number of benzene rings is 1. The standard InChI is InChI=1S/C12H8ClF3N2O2S/c13-8-4-9(21-6-8)5-17-10-2-1-7(12(14,15)16)3-11(10)18(19)20/h1-4,6,17H,5H2. The Hall–Kier alpha value is -1.80. The molecule has 21 heavy (non-hydrogen) atoms. The number of nitro groups is 1. The maximum atomic E-state index is 12.6. The van der Waals surface area contributed by atoms with Crippen LogP contribution in [0.15, 0.2) is 29.6 Å². The third kappa shape index (κ3) is 3.85. The molecular weight excluding hydrogens is 329 g/mol. The Bertz CT molecular complexity index is 673. The zero-order chi connectivity index (χ0) is 15.6. The minimum absolute atomic E-state index is 0.0255. The Balaban J connectivity index is 2.24. The number of halogens is 4. The molecule has 1 aromatic carbocycles. The van der Waals surface area contributed by atoms with Crippen molar-refractivity contribution in [2.75, 3.05) is 5.32 Å². The van der Waals surface area contributed by atoms with E-state index < -0.39 is 22.4 Å². The normalized spacial score (nSPS) is 11.4. The van der Waals surface area contributed by atoms with E-state index in [4.69, 9.17) is 11.6 Å². The van der Waals surface area contributed by atoms with Crippen LogP contribution in [0.5, 0.6) is 0 Å². The highest BCUT2D eigenvalue weighted by Gasteiger charge is 2.32. The molecule has 0 radical (unpaired) electrons. The van der Waals surface area contributed by atoms with E-state index in [2.05, 4.69) is 5.32 Å². The molecule has 1 heterocycles. The molecule has 0 saturated heterocycles. The Labute approximate surface area is 126 Å². The number of nitrogens with zero attached hydrogens (tertiary/aromatic N) is 1. The SMILES string of the molecule is O=[N+]([O-])c1cc(C(F)(F)F)ccc1NCc1cc(Cl)cs1. The number of alkyl halides is 3. The van der Waals surface area contributed by atoms with Gasteiger partial charge in [0.2, 0.25) is 0 Å². The fraction of sp³-hybridized carbons (Fsp3) is 0.167. The lowest BCUT2D eigenvalue weighted by Crippen LogP contribution is -2.07. The van der Waals surface area contributed by atoms with Crippen molar-refractivity contribution in [3.8, 4) is 0 Å². The van der Waals surface area contributed by atoms with Crippen molar-refractivity contribution in [1.29, 1.82) is 0 Å². The lowest BCUT2D eigenvalue weighted by Gasteiger charge is -2.10. The van der Waals surface area contributed by atoms with Gasteiger partial charge >= 0.3 is 6.18 Å². The number of hydrogen-bond donors (Lipinski definition) is 1. The van der Waals surface area contributed by atoms with Crippen molar-refractivity contribution in [3.63, 3.8) is 0 Å². The molecule has 9 heteroatoms. The highest BCUT2D eigenvalue weighted by molar-refractivity contribution is 7.10. The van der Waals surface area contributed by atoms with E-state index >= 15 is 0 Å². The highest BCUT2D eigenvalue weighted by Crippen LogP contribution is 2.35. The molecule has 0 aliphatic carbocycles. The first-order valence-corrected chi connectivity index (χ1v) is 6.85. The summed E-state index contributed by atoms with van der Waals surface area (Å²) in [6.07, 6.45) is -4.62. The van der Waals surface area contributed by atoms with E-state index in [1.54, 1.807) is 11.4 Å². The van der Waals surface area contributed by atoms with E-state index in [0.717, 1.165) is 17.0 Å². The first kappa shape index (κ1) is 15.6. The molecule has 112 valence electrons. The van der Waals surface area contributed by atoms with E-state index in [1.165, 1.54) is 11.3 Å². The van der Waals surface area contributed by atoms with E-state index in [1.807, 2.05) is 0 Å². The number of rotatable bonds is 4. The predicted octanol–water partition coefficient (Wildman–Crippen LogP) is 4.94. The van der Waals surface area contributed by atoms with Crippen LogP contribution in [0.1, 0.15) is 10.4 Å². The molecule has 0 unspecified atom stereocenters. The van der Waals surface area contributed by atoms with Gasteiger partial charge in [0.05, 0.1) is 15.5 Å². The van der Waals surface area contributed by atoms with Crippen LogP contribution in [-0.4, -0.2) is 4.92 Å². The second-order valence-electron chi connectivity index (χ2n) is 4.07. The number of nitrogens with one attached hydrogen (secondary N) is 1. The molecule has 0 saturated carbocycles. The minimum atomic E-state index is -4.62. The van der Waals surface area contributed by atoms with Crippen LogP contribution in [-0.2, 0) is 12.7 Å². The summed E-state index contributed by atoms with van der Waals surface area (Å²) in [7, 11) is 0. The van der Waals surface area contributed by atoms with Crippen molar-refractivity contribution in [2.24, 2.45) is 0 Å². The summed E-state index contributed by atoms with van der Waals surface area (Å²) >= 11 is 7.09. The van der Waals surface area contributed by atoms with Crippen molar-refractivity contribution in [3.05, 3.63) is 55.2 Å². The summed E-state index contributed by atoms with van der Waals surface area (Å²) in [5.41, 5.74) is -1.65. The number of anilines is 1. The summed E-state index contributed by atoms with van der Waals surface area (Å²) in [4.78, 5) is 10.9. The smallest absolute Gasteiger partial charge is 0.375 e. The van der Waals surface area contributed by atoms with Crippen LogP contribution in [0, 0.1) is 10.1 Å². The Morgan fingerprint density at radius 3 is 2.57 bits per heavy atom. The highest BCUT2D eigenvalue weighted by atomic mass is 35.5. The van der Waals surface area contributed by atoms with Gasteiger partial charge in [-0.1, -0.05) is 11.6 Å². The van der Waals surface area contributed by atoms with E-state index in [-0.39, 0.29) is 12.2 Å². The van der Waals surface area contributed by atoms with Gasteiger partial charge in [-0.15, -0.1) is 11.3 Å². The largest absolute Gasteiger partial charge is 0.416 e. The molecule has 1 aromatic heterocycles. The zero-order valence-corrected chi connectivity index (χ0v) is 11.9. The van der Waals surface area contributed by atoms with Crippen molar-refractivity contribution in [2.45, 2.75) is 12.7 Å². The minimum Gasteiger partial charge on any atom is -0.375 e. The molecular formula is C12H8ClF3N2O2S. The molecule has 0 aliphatic rings. The molecule has 1 N–H and O–H groups in total. The molecule has 0 atom stereocenters. The predicted molar refractivity (Wildman–Crippen MR) is 74.8 cm³/mol. The van der Waals surface area contributed by atoms with Crippen LogP contribution < -0.4 is 5.32 Å². The van der Waals surface area contributed by atoms with Crippen LogP contribution in [0.25, 0.3) is 0 Å². The quantitative estimate of drug-likeness (QED) is 0.635. The fourth-order valence-corrected chi connectivity index (χ4v) is 2.65. The molecule has 0 fully saturated rings. The van der Waals surface area contributed by atoms with Crippen molar-refractivity contribution >= 4 is 34.3 Å². The van der Waals surface area contributed by atoms with E-state index in [9.17, 15) is 23.3 Å². The van der Waals surface area contributed by atoms with Gasteiger partial charge in [0.25, 0.3) is 5.69 Å². The molecule has 4 nitrogen and oxygen atoms in total. The summed E-state index contributed by atoms with van der Waals surface area (Å²) in [6.45, 7) is 0.240. The summed E-state index contributed by atoms with van der Waals surface area (Å²) in [6, 6.07) is 4.05. The maximum Gasteiger partial charge on any atom is 0.416 e. The lowest BCUT2D eigenvalue weighted by molar-refractivity contribution is -0.384. The second kappa shape index (κ2) is 5.90. The zero-order valence-electron chi connectivity index (χ0n) is 10.3. The fourth-order valence-electron chi connectivity index (χ4n) is 1.64. The molecule has 0 bridgehead atoms. The van der Waals surface area contributed by atoms with Gasteiger partial charge < -0.3 is 5.32 Å². The Kier molecular flexibility index (Phi) is 4.38. The number of thiophene rings is 1. The van der Waals surface area contributed by atoms with Gasteiger partial charge in [-0.25, -0.2) is 0 Å². The van der Waals surface area contributed by atoms with Crippen molar-refractivity contribution < 1.29 is 18.1 Å². The van der Waals surface area contributed by atoms with Crippen LogP contribution in [0.2, 0.25) is 5.02 Å². The summed E-state index contributed by atoms with van der Waals surface area (Å²) in [5.74, 6) is 0. The number of hydrogen-bond acceptors (Lipinski definition) is 4. The average Bonchev–Trinajstić information content (AvgIpc) is 2.80. The first-order chi connectivity index (χ1) is 9.77. The molecule has 2 aromatic rings. The lowest BCUT2D eigenvalue weighted by atomic mass is 10.1. The van der Waals surface area contributed by atoms with Gasteiger partial charge in [-0.05, 0) is 18.2 Å². The van der Waals surface area contributed by atoms with Crippen molar-refractivity contribution in [1.82, 2.24) is 0 Å². The van der Waals surface area contributed by atoms with Gasteiger partial charge in [0.15, 0.2) is 0 Å². The third-order valence-electron chi connectivity index (χ3n) is 2.60. The Morgan fingerprint density at radius 1 is 1.33 bits per heavy atom. The number of nitro benzene ring substituents is 1. The molecule has 2 rings (SSSR count). The summed E-state index contributed by atoms with van der Waals surface area (Å²) in [5, 5.41) is 15.9. The average molecular weight is 337 g/mol. The van der Waals surface area contributed by atoms with Gasteiger partial charge in [0.1, 0.15) is 5.69 Å². The Morgan fingerprint density at radius 2 is 2.05 bits per heavy atom. The van der Waals surface area contributed by atoms with E-state index in [0.29, 0.717) is 11.1 Å². The monoisotopic (exact) mass is 336 g/mol. The second-order valence-corrected chi connectivity index (χ2v) is 5.50. The molecule has 0 aliphatic heterocycles. The van der Waals surface area contributed by atoms with Crippen LogP contribution >= 0.6 is 22.9 Å². The summed E-state index contributed by atoms with van der Waals surface area (Å²) < 4.78 is 37.7. The van der Waals surface area contributed by atoms with Crippen LogP contribution in [0.4, 0.5) is 24.5 Å². The topological polar surface area (TPSA) is 55.2 Å². The third-order valence-corrected chi connectivity index (χ3v) is 3.88.